The number of hydrogen-bond acceptors (Lipinski definition) is 1. The average Bonchev–Trinajstić information content (AvgIpc) is 1.96. The first-order valence-corrected chi connectivity index (χ1v) is 4.60. The van der Waals surface area contributed by atoms with Gasteiger partial charge in [-0.1, -0.05) is 11.6 Å². The average molecular weight is 296 g/mol. The normalized spacial score (nSPS) is 9.50. The van der Waals surface area contributed by atoms with E-state index >= 15 is 0 Å². The molecule has 0 atom stereocenters. The monoisotopic (exact) mass is 295 g/mol. The van der Waals surface area contributed by atoms with E-state index in [9.17, 15) is 0 Å². The topological polar surface area (TPSA) is 64.4 Å². The lowest BCUT2D eigenvalue weighted by molar-refractivity contribution is 1.41. The maximum Gasteiger partial charge on any atom is 0.191 e. The van der Waals surface area contributed by atoms with Crippen molar-refractivity contribution < 1.29 is 0 Å². The van der Waals surface area contributed by atoms with Crippen molar-refractivity contribution in [3.63, 3.8) is 0 Å². The molecule has 0 saturated carbocycles. The molecule has 0 aliphatic carbocycles. The van der Waals surface area contributed by atoms with Crippen LogP contribution in [0.2, 0.25) is 5.02 Å². The van der Waals surface area contributed by atoms with Crippen molar-refractivity contribution in [3.05, 3.63) is 26.8 Å². The van der Waals surface area contributed by atoms with Crippen molar-refractivity contribution >= 4 is 45.8 Å². The Hall–Kier alpha value is -0.490. The Bertz CT molecular complexity index is 320. The summed E-state index contributed by atoms with van der Waals surface area (Å²) in [6.45, 7) is 0. The zero-order valence-electron chi connectivity index (χ0n) is 6.09. The van der Waals surface area contributed by atoms with E-state index in [4.69, 9.17) is 23.1 Å². The largest absolute Gasteiger partial charge is 0.370 e. The molecule has 0 aliphatic heterocycles. The first-order chi connectivity index (χ1) is 5.59. The summed E-state index contributed by atoms with van der Waals surface area (Å²) in [6, 6.07) is 5.45. The molecular weight excluding hydrogens is 288 g/mol. The Kier molecular flexibility index (Phi) is 3.16. The van der Waals surface area contributed by atoms with E-state index < -0.39 is 0 Å². The third-order valence-corrected chi connectivity index (χ3v) is 2.15. The van der Waals surface area contributed by atoms with Gasteiger partial charge in [-0.05, 0) is 40.8 Å². The molecule has 0 fully saturated rings. The highest BCUT2D eigenvalue weighted by atomic mass is 127. The minimum Gasteiger partial charge on any atom is -0.370 e. The van der Waals surface area contributed by atoms with Gasteiger partial charge >= 0.3 is 0 Å². The van der Waals surface area contributed by atoms with Gasteiger partial charge in [0.25, 0.3) is 0 Å². The van der Waals surface area contributed by atoms with Crippen LogP contribution in [0, 0.1) is 3.57 Å². The lowest BCUT2D eigenvalue weighted by Crippen LogP contribution is -2.21. The minimum absolute atomic E-state index is 0.0129. The highest BCUT2D eigenvalue weighted by Crippen LogP contribution is 2.26. The predicted octanol–water partition coefficient (Wildman–Crippen LogP) is 1.85. The van der Waals surface area contributed by atoms with Crippen molar-refractivity contribution in [2.75, 3.05) is 0 Å². The second kappa shape index (κ2) is 3.95. The molecule has 0 unspecified atom stereocenters. The third kappa shape index (κ3) is 2.53. The number of benzene rings is 1. The SMILES string of the molecule is NC(N)=Nc1cc(I)ccc1Cl. The first kappa shape index (κ1) is 9.60. The summed E-state index contributed by atoms with van der Waals surface area (Å²) >= 11 is 7.98. The van der Waals surface area contributed by atoms with Crippen LogP contribution >= 0.6 is 34.2 Å². The van der Waals surface area contributed by atoms with Crippen LogP contribution in [0.15, 0.2) is 23.2 Å². The smallest absolute Gasteiger partial charge is 0.191 e. The number of aliphatic imine (C=N–C) groups is 1. The number of nitrogens with zero attached hydrogens (tertiary/aromatic N) is 1. The van der Waals surface area contributed by atoms with Gasteiger partial charge in [0.2, 0.25) is 0 Å². The number of halogens is 2. The lowest BCUT2D eigenvalue weighted by Gasteiger charge is -1.98. The Morgan fingerprint density at radius 3 is 2.67 bits per heavy atom. The van der Waals surface area contributed by atoms with Crippen LogP contribution in [0.25, 0.3) is 0 Å². The molecule has 0 radical (unpaired) electrons. The molecule has 0 aromatic heterocycles. The fourth-order valence-corrected chi connectivity index (χ4v) is 1.35. The van der Waals surface area contributed by atoms with E-state index in [1.165, 1.54) is 0 Å². The zero-order chi connectivity index (χ0) is 9.14. The molecule has 0 amide bonds. The molecule has 0 spiro atoms. The van der Waals surface area contributed by atoms with E-state index in [0.717, 1.165) is 3.57 Å². The van der Waals surface area contributed by atoms with Gasteiger partial charge < -0.3 is 11.5 Å². The van der Waals surface area contributed by atoms with Crippen LogP contribution in [0.4, 0.5) is 5.69 Å². The molecule has 0 heterocycles. The van der Waals surface area contributed by atoms with Gasteiger partial charge in [-0.15, -0.1) is 0 Å². The fourth-order valence-electron chi connectivity index (χ4n) is 0.711. The van der Waals surface area contributed by atoms with Crippen LogP contribution in [0.1, 0.15) is 0 Å². The maximum absolute atomic E-state index is 5.82. The Morgan fingerprint density at radius 2 is 2.08 bits per heavy atom. The lowest BCUT2D eigenvalue weighted by atomic mass is 10.3. The summed E-state index contributed by atoms with van der Waals surface area (Å²) in [7, 11) is 0. The first-order valence-electron chi connectivity index (χ1n) is 3.14. The van der Waals surface area contributed by atoms with Crippen molar-refractivity contribution in [1.29, 1.82) is 0 Å². The van der Waals surface area contributed by atoms with E-state index in [-0.39, 0.29) is 5.96 Å². The zero-order valence-corrected chi connectivity index (χ0v) is 9.00. The van der Waals surface area contributed by atoms with E-state index in [0.29, 0.717) is 10.7 Å². The van der Waals surface area contributed by atoms with Gasteiger partial charge in [0.1, 0.15) is 0 Å². The molecule has 0 bridgehead atoms. The second-order valence-corrected chi connectivity index (χ2v) is 3.79. The van der Waals surface area contributed by atoms with E-state index in [2.05, 4.69) is 27.6 Å². The van der Waals surface area contributed by atoms with Crippen LogP contribution in [-0.2, 0) is 0 Å². The fraction of sp³-hybridized carbons (Fsp3) is 0. The molecule has 0 aliphatic rings. The van der Waals surface area contributed by atoms with E-state index in [1.807, 2.05) is 12.1 Å². The van der Waals surface area contributed by atoms with Gasteiger partial charge in [0.05, 0.1) is 10.7 Å². The molecule has 0 saturated heterocycles. The van der Waals surface area contributed by atoms with Crippen molar-refractivity contribution in [3.8, 4) is 0 Å². The highest BCUT2D eigenvalue weighted by Gasteiger charge is 1.98. The summed E-state index contributed by atoms with van der Waals surface area (Å²) in [5, 5.41) is 0.545. The van der Waals surface area contributed by atoms with Crippen LogP contribution in [0.5, 0.6) is 0 Å². The standard InChI is InChI=1S/C7H7ClIN3/c8-5-2-1-4(9)3-6(5)12-7(10)11/h1-3H,(H4,10,11,12). The summed E-state index contributed by atoms with van der Waals surface area (Å²) in [5.41, 5.74) is 11.0. The minimum atomic E-state index is 0.0129. The van der Waals surface area contributed by atoms with Crippen LogP contribution < -0.4 is 11.5 Å². The van der Waals surface area contributed by atoms with Gasteiger partial charge in [-0.2, -0.15) is 0 Å². The summed E-state index contributed by atoms with van der Waals surface area (Å²) in [6.07, 6.45) is 0. The molecule has 1 rings (SSSR count). The molecule has 4 N–H and O–H groups in total. The predicted molar refractivity (Wildman–Crippen MR) is 59.6 cm³/mol. The Labute approximate surface area is 88.9 Å². The number of guanidine groups is 1. The maximum atomic E-state index is 5.82. The summed E-state index contributed by atoms with van der Waals surface area (Å²) in [4.78, 5) is 3.86. The van der Waals surface area contributed by atoms with Crippen molar-refractivity contribution in [2.24, 2.45) is 16.5 Å². The van der Waals surface area contributed by atoms with Gasteiger partial charge in [0, 0.05) is 3.57 Å². The van der Waals surface area contributed by atoms with Gasteiger partial charge in [-0.25, -0.2) is 4.99 Å². The van der Waals surface area contributed by atoms with Crippen LogP contribution in [0.3, 0.4) is 0 Å². The summed E-state index contributed by atoms with van der Waals surface area (Å²) in [5.74, 6) is 0.0129. The van der Waals surface area contributed by atoms with Crippen molar-refractivity contribution in [1.82, 2.24) is 0 Å². The molecule has 1 aromatic rings. The second-order valence-electron chi connectivity index (χ2n) is 2.13. The molecular formula is C7H7ClIN3. The van der Waals surface area contributed by atoms with Crippen LogP contribution in [-0.4, -0.2) is 5.96 Å². The number of nitrogens with two attached hydrogens (primary N) is 2. The Morgan fingerprint density at radius 1 is 1.42 bits per heavy atom. The number of hydrogen-bond donors (Lipinski definition) is 2. The van der Waals surface area contributed by atoms with Gasteiger partial charge in [0.15, 0.2) is 5.96 Å². The quantitative estimate of drug-likeness (QED) is 0.472. The molecule has 1 aromatic carbocycles. The van der Waals surface area contributed by atoms with E-state index in [1.54, 1.807) is 6.07 Å². The summed E-state index contributed by atoms with van der Waals surface area (Å²) < 4.78 is 1.04. The molecule has 12 heavy (non-hydrogen) atoms. The molecule has 3 nitrogen and oxygen atoms in total. The van der Waals surface area contributed by atoms with Gasteiger partial charge in [-0.3, -0.25) is 0 Å². The Balaban J connectivity index is 3.14. The van der Waals surface area contributed by atoms with Crippen molar-refractivity contribution in [2.45, 2.75) is 0 Å². The third-order valence-electron chi connectivity index (χ3n) is 1.16. The number of rotatable bonds is 1. The molecule has 5 heteroatoms. The molecule has 64 valence electrons. The highest BCUT2D eigenvalue weighted by molar-refractivity contribution is 14.1.